The van der Waals surface area contributed by atoms with Gasteiger partial charge in [-0.25, -0.2) is 0 Å². The predicted molar refractivity (Wildman–Crippen MR) is 72.2 cm³/mol. The molecule has 0 saturated heterocycles. The molecule has 0 bridgehead atoms. The third-order valence-corrected chi connectivity index (χ3v) is 8.63. The van der Waals surface area contributed by atoms with Crippen molar-refractivity contribution in [2.24, 2.45) is 0 Å². The third kappa shape index (κ3) is 3.73. The molecule has 1 fully saturated rings. The first kappa shape index (κ1) is 12.2. The lowest BCUT2D eigenvalue weighted by Crippen LogP contribution is -2.30. The van der Waals surface area contributed by atoms with Crippen molar-refractivity contribution in [3.8, 4) is 0 Å². The standard InChI is InChI=1S/C12H26Si2/c1-13(2,3)10-11-14(4,5)12-8-6-7-9-12/h10-12H,6-9H2,1-5H3. The van der Waals surface area contributed by atoms with E-state index in [2.05, 4.69) is 44.1 Å². The highest BCUT2D eigenvalue weighted by Gasteiger charge is 2.31. The van der Waals surface area contributed by atoms with Gasteiger partial charge in [0.2, 0.25) is 0 Å². The summed E-state index contributed by atoms with van der Waals surface area (Å²) >= 11 is 0. The van der Waals surface area contributed by atoms with Crippen LogP contribution in [0.4, 0.5) is 0 Å². The summed E-state index contributed by atoms with van der Waals surface area (Å²) in [5.74, 6) is 0. The Kier molecular flexibility index (Phi) is 3.81. The average molecular weight is 227 g/mol. The topological polar surface area (TPSA) is 0 Å². The number of hydrogen-bond donors (Lipinski definition) is 0. The first-order valence-corrected chi connectivity index (χ1v) is 12.7. The molecule has 0 aliphatic heterocycles. The van der Waals surface area contributed by atoms with Crippen LogP contribution < -0.4 is 0 Å². The van der Waals surface area contributed by atoms with Crippen LogP contribution in [0.25, 0.3) is 0 Å². The van der Waals surface area contributed by atoms with Gasteiger partial charge >= 0.3 is 0 Å². The minimum Gasteiger partial charge on any atom is -0.103 e. The molecular formula is C12H26Si2. The smallest absolute Gasteiger partial charge is 0.0738 e. The minimum atomic E-state index is -1.03. The van der Waals surface area contributed by atoms with E-state index >= 15 is 0 Å². The molecule has 0 unspecified atom stereocenters. The zero-order valence-corrected chi connectivity index (χ0v) is 12.6. The highest BCUT2D eigenvalue weighted by molar-refractivity contribution is 6.87. The SMILES string of the molecule is C[Si](C)(C)C=C[Si](C)(C)C1CCCC1. The van der Waals surface area contributed by atoms with Gasteiger partial charge < -0.3 is 0 Å². The molecule has 1 aliphatic rings. The molecule has 1 saturated carbocycles. The van der Waals surface area contributed by atoms with Gasteiger partial charge in [0, 0.05) is 0 Å². The minimum absolute atomic E-state index is 0.964. The summed E-state index contributed by atoms with van der Waals surface area (Å²) in [6.07, 6.45) is 5.99. The number of hydrogen-bond acceptors (Lipinski definition) is 0. The molecule has 0 aromatic rings. The van der Waals surface area contributed by atoms with Gasteiger partial charge in [0.1, 0.15) is 0 Å². The van der Waals surface area contributed by atoms with Crippen molar-refractivity contribution < 1.29 is 0 Å². The Morgan fingerprint density at radius 3 is 1.79 bits per heavy atom. The summed E-state index contributed by atoms with van der Waals surface area (Å²) in [7, 11) is -1.99. The van der Waals surface area contributed by atoms with Crippen LogP contribution in [-0.4, -0.2) is 16.1 Å². The Balaban J connectivity index is 2.60. The van der Waals surface area contributed by atoms with Gasteiger partial charge in [-0.05, 0) is 5.54 Å². The normalized spacial score (nSPS) is 20.9. The van der Waals surface area contributed by atoms with Crippen molar-refractivity contribution in [3.63, 3.8) is 0 Å². The Bertz CT molecular complexity index is 205. The molecule has 0 aromatic carbocycles. The van der Waals surface area contributed by atoms with Crippen molar-refractivity contribution in [1.82, 2.24) is 0 Å². The lowest BCUT2D eigenvalue weighted by Gasteiger charge is -2.27. The van der Waals surface area contributed by atoms with E-state index in [1.165, 1.54) is 25.7 Å². The van der Waals surface area contributed by atoms with Crippen LogP contribution >= 0.6 is 0 Å². The van der Waals surface area contributed by atoms with E-state index in [-0.39, 0.29) is 0 Å². The Labute approximate surface area is 91.8 Å². The lowest BCUT2D eigenvalue weighted by molar-refractivity contribution is 0.844. The van der Waals surface area contributed by atoms with Crippen LogP contribution in [0.3, 0.4) is 0 Å². The van der Waals surface area contributed by atoms with E-state index in [1.54, 1.807) is 0 Å². The second-order valence-electron chi connectivity index (χ2n) is 6.50. The molecule has 0 heterocycles. The summed E-state index contributed by atoms with van der Waals surface area (Å²) in [4.78, 5) is 0. The average Bonchev–Trinajstić information content (AvgIpc) is 2.52. The quantitative estimate of drug-likeness (QED) is 0.617. The molecule has 2 heteroatoms. The van der Waals surface area contributed by atoms with Crippen LogP contribution in [0, 0.1) is 0 Å². The third-order valence-electron chi connectivity index (χ3n) is 3.42. The molecular weight excluding hydrogens is 200 g/mol. The maximum Gasteiger partial charge on any atom is 0.0738 e. The Hall–Kier alpha value is 0.174. The fourth-order valence-corrected chi connectivity index (χ4v) is 8.16. The zero-order valence-electron chi connectivity index (χ0n) is 10.6. The van der Waals surface area contributed by atoms with Gasteiger partial charge in [0.15, 0.2) is 0 Å². The van der Waals surface area contributed by atoms with Gasteiger partial charge in [-0.2, -0.15) is 0 Å². The monoisotopic (exact) mass is 226 g/mol. The van der Waals surface area contributed by atoms with Crippen molar-refractivity contribution >= 4 is 16.1 Å². The second kappa shape index (κ2) is 4.35. The molecule has 0 atom stereocenters. The summed E-state index contributed by atoms with van der Waals surface area (Å²) in [5.41, 5.74) is 6.31. The van der Waals surface area contributed by atoms with Gasteiger partial charge in [-0.15, -0.1) is 11.4 Å². The number of rotatable bonds is 3. The van der Waals surface area contributed by atoms with Gasteiger partial charge in [0.05, 0.1) is 16.1 Å². The van der Waals surface area contributed by atoms with E-state index in [1.807, 2.05) is 0 Å². The summed E-state index contributed by atoms with van der Waals surface area (Å²) in [5, 5.41) is 0. The maximum absolute atomic E-state index is 2.65. The molecule has 0 radical (unpaired) electrons. The van der Waals surface area contributed by atoms with E-state index in [0.717, 1.165) is 5.54 Å². The fourth-order valence-electron chi connectivity index (χ4n) is 2.27. The van der Waals surface area contributed by atoms with Gasteiger partial charge in [-0.3, -0.25) is 0 Å². The molecule has 14 heavy (non-hydrogen) atoms. The molecule has 1 rings (SSSR count). The van der Waals surface area contributed by atoms with Crippen molar-refractivity contribution in [3.05, 3.63) is 11.4 Å². The van der Waals surface area contributed by atoms with Crippen molar-refractivity contribution in [1.29, 1.82) is 0 Å². The first-order chi connectivity index (χ1) is 6.31. The predicted octanol–water partition coefficient (Wildman–Crippen LogP) is 4.61. The first-order valence-electron chi connectivity index (χ1n) is 6.02. The molecule has 1 aliphatic carbocycles. The van der Waals surface area contributed by atoms with E-state index in [4.69, 9.17) is 0 Å². The second-order valence-corrected chi connectivity index (χ2v) is 16.4. The van der Waals surface area contributed by atoms with Crippen LogP contribution in [0.2, 0.25) is 38.3 Å². The van der Waals surface area contributed by atoms with Crippen LogP contribution in [0.5, 0.6) is 0 Å². The molecule has 0 nitrogen and oxygen atoms in total. The summed E-state index contributed by atoms with van der Waals surface area (Å²) < 4.78 is 0. The van der Waals surface area contributed by atoms with E-state index in [0.29, 0.717) is 0 Å². The van der Waals surface area contributed by atoms with E-state index in [9.17, 15) is 0 Å². The van der Waals surface area contributed by atoms with Crippen molar-refractivity contribution in [2.75, 3.05) is 0 Å². The largest absolute Gasteiger partial charge is 0.103 e. The molecule has 0 aromatic heterocycles. The highest BCUT2D eigenvalue weighted by atomic mass is 28.3. The van der Waals surface area contributed by atoms with Crippen LogP contribution in [0.15, 0.2) is 11.4 Å². The van der Waals surface area contributed by atoms with Crippen LogP contribution in [-0.2, 0) is 0 Å². The summed E-state index contributed by atoms with van der Waals surface area (Å²) in [6.45, 7) is 12.4. The zero-order chi connectivity index (χ0) is 10.8. The molecule has 0 amide bonds. The van der Waals surface area contributed by atoms with Crippen LogP contribution in [0.1, 0.15) is 25.7 Å². The molecule has 0 N–H and O–H groups in total. The van der Waals surface area contributed by atoms with Gasteiger partial charge in [0.25, 0.3) is 0 Å². The van der Waals surface area contributed by atoms with Crippen molar-refractivity contribution in [2.45, 2.75) is 64.0 Å². The highest BCUT2D eigenvalue weighted by Crippen LogP contribution is 2.39. The Morgan fingerprint density at radius 1 is 0.857 bits per heavy atom. The maximum atomic E-state index is 2.65. The van der Waals surface area contributed by atoms with Gasteiger partial charge in [-0.1, -0.05) is 58.4 Å². The molecule has 82 valence electrons. The van der Waals surface area contributed by atoms with E-state index < -0.39 is 16.1 Å². The molecule has 0 spiro atoms. The Morgan fingerprint density at radius 2 is 1.36 bits per heavy atom. The fraction of sp³-hybridized carbons (Fsp3) is 0.833. The lowest BCUT2D eigenvalue weighted by atomic mass is 10.4. The summed E-state index contributed by atoms with van der Waals surface area (Å²) in [6, 6.07) is 0.